The Labute approximate surface area is 145 Å². The maximum atomic E-state index is 12.6. The van der Waals surface area contributed by atoms with E-state index in [4.69, 9.17) is 4.74 Å². The number of hydrogen-bond donors (Lipinski definition) is 0. The van der Waals surface area contributed by atoms with E-state index in [2.05, 4.69) is 4.99 Å². The minimum absolute atomic E-state index is 0.0195. The first-order valence-corrected chi connectivity index (χ1v) is 9.07. The molecule has 4 saturated carbocycles. The average Bonchev–Trinajstić information content (AvgIpc) is 2.96. The average molecular weight is 340 g/mol. The highest BCUT2D eigenvalue weighted by Gasteiger charge is 2.58. The van der Waals surface area contributed by atoms with E-state index in [0.717, 1.165) is 37.0 Å². The summed E-state index contributed by atoms with van der Waals surface area (Å²) in [6.45, 7) is 0. The summed E-state index contributed by atoms with van der Waals surface area (Å²) in [5, 5.41) is 10.8. The van der Waals surface area contributed by atoms with Crippen molar-refractivity contribution in [2.75, 3.05) is 0 Å². The van der Waals surface area contributed by atoms with Crippen molar-refractivity contribution in [2.24, 2.45) is 28.2 Å². The van der Waals surface area contributed by atoms with E-state index in [-0.39, 0.29) is 17.1 Å². The molecule has 6 rings (SSSR count). The van der Waals surface area contributed by atoms with Crippen molar-refractivity contribution in [3.8, 4) is 0 Å². The zero-order valence-electron chi connectivity index (χ0n) is 13.9. The number of benzene rings is 1. The second-order valence-electron chi connectivity index (χ2n) is 8.34. The van der Waals surface area contributed by atoms with Crippen molar-refractivity contribution >= 4 is 17.6 Å². The fourth-order valence-electron chi connectivity index (χ4n) is 6.11. The number of carbonyl (C=O) groups is 1. The lowest BCUT2D eigenvalue weighted by atomic mass is 9.48. The van der Waals surface area contributed by atoms with Crippen LogP contribution in [0, 0.1) is 33.3 Å². The van der Waals surface area contributed by atoms with Crippen LogP contribution in [-0.2, 0) is 9.53 Å². The SMILES string of the molecule is O=C1OC(c2ccc([N+](=O)[O-])cc2)=N[C@H]1C12CC3CC(CC(C3)C1)C2. The standard InChI is InChI=1S/C19H20N2O4/c22-18-16(19-8-11-5-12(9-19)7-13(6-11)10-19)20-17(25-18)14-1-3-15(4-2-14)21(23)24/h1-4,11-13,16H,5-10H2/t11?,12?,13?,16-,19?/m1/s1. The van der Waals surface area contributed by atoms with Gasteiger partial charge in [-0.1, -0.05) is 0 Å². The first-order valence-electron chi connectivity index (χ1n) is 9.07. The van der Waals surface area contributed by atoms with Crippen LogP contribution in [0.1, 0.15) is 44.1 Å². The number of cyclic esters (lactones) is 1. The number of non-ortho nitro benzene ring substituents is 1. The highest BCUT2D eigenvalue weighted by Crippen LogP contribution is 2.62. The van der Waals surface area contributed by atoms with Gasteiger partial charge in [-0.3, -0.25) is 10.1 Å². The molecule has 25 heavy (non-hydrogen) atoms. The van der Waals surface area contributed by atoms with Crippen molar-refractivity contribution < 1.29 is 14.5 Å². The molecule has 0 N–H and O–H groups in total. The van der Waals surface area contributed by atoms with E-state index < -0.39 is 11.0 Å². The van der Waals surface area contributed by atoms with Gasteiger partial charge >= 0.3 is 5.97 Å². The molecule has 0 saturated heterocycles. The van der Waals surface area contributed by atoms with Gasteiger partial charge in [0, 0.05) is 23.1 Å². The van der Waals surface area contributed by atoms with Crippen LogP contribution in [-0.4, -0.2) is 22.8 Å². The molecule has 4 fully saturated rings. The number of nitrogens with zero attached hydrogens (tertiary/aromatic N) is 2. The summed E-state index contributed by atoms with van der Waals surface area (Å²) in [5.74, 6) is 2.32. The second kappa shape index (κ2) is 5.13. The number of hydrogen-bond acceptors (Lipinski definition) is 5. The third-order valence-corrected chi connectivity index (χ3v) is 6.66. The molecule has 130 valence electrons. The van der Waals surface area contributed by atoms with Gasteiger partial charge in [-0.15, -0.1) is 0 Å². The van der Waals surface area contributed by atoms with Crippen molar-refractivity contribution in [1.29, 1.82) is 0 Å². The van der Waals surface area contributed by atoms with Crippen LogP contribution in [0.5, 0.6) is 0 Å². The number of esters is 1. The van der Waals surface area contributed by atoms with Gasteiger partial charge in [-0.2, -0.15) is 0 Å². The molecule has 0 radical (unpaired) electrons. The molecule has 1 aromatic carbocycles. The van der Waals surface area contributed by atoms with E-state index in [0.29, 0.717) is 11.5 Å². The van der Waals surface area contributed by atoms with E-state index in [1.165, 1.54) is 31.4 Å². The molecule has 1 atom stereocenters. The Bertz CT molecular complexity index is 748. The van der Waals surface area contributed by atoms with Crippen LogP contribution < -0.4 is 0 Å². The summed E-state index contributed by atoms with van der Waals surface area (Å²) >= 11 is 0. The van der Waals surface area contributed by atoms with Gasteiger partial charge in [0.15, 0.2) is 6.04 Å². The smallest absolute Gasteiger partial charge is 0.338 e. The monoisotopic (exact) mass is 340 g/mol. The number of ether oxygens (including phenoxy) is 1. The van der Waals surface area contributed by atoms with E-state index in [1.807, 2.05) is 0 Å². The maximum Gasteiger partial charge on any atom is 0.338 e. The number of aliphatic imine (C=N–C) groups is 1. The minimum atomic E-state index is -0.440. The molecule has 0 aromatic heterocycles. The Hall–Kier alpha value is -2.24. The highest BCUT2D eigenvalue weighted by molar-refractivity contribution is 6.06. The first kappa shape index (κ1) is 15.0. The molecule has 1 aliphatic heterocycles. The number of nitro groups is 1. The minimum Gasteiger partial charge on any atom is -0.406 e. The van der Waals surface area contributed by atoms with E-state index in [1.54, 1.807) is 12.1 Å². The Morgan fingerprint density at radius 1 is 1.04 bits per heavy atom. The van der Waals surface area contributed by atoms with E-state index >= 15 is 0 Å². The van der Waals surface area contributed by atoms with Gasteiger partial charge in [0.1, 0.15) is 0 Å². The molecular weight excluding hydrogens is 320 g/mol. The number of nitro benzene ring substituents is 1. The predicted molar refractivity (Wildman–Crippen MR) is 90.1 cm³/mol. The molecule has 4 aliphatic carbocycles. The highest BCUT2D eigenvalue weighted by atomic mass is 16.6. The van der Waals surface area contributed by atoms with Gasteiger partial charge in [0.05, 0.1) is 4.92 Å². The van der Waals surface area contributed by atoms with Crippen molar-refractivity contribution in [3.63, 3.8) is 0 Å². The summed E-state index contributed by atoms with van der Waals surface area (Å²) in [5.41, 5.74) is 0.631. The lowest BCUT2D eigenvalue weighted by Gasteiger charge is -2.57. The molecule has 1 aromatic rings. The quantitative estimate of drug-likeness (QED) is 0.479. The largest absolute Gasteiger partial charge is 0.406 e. The van der Waals surface area contributed by atoms with Gasteiger partial charge in [0.2, 0.25) is 5.90 Å². The lowest BCUT2D eigenvalue weighted by molar-refractivity contribution is -0.384. The fraction of sp³-hybridized carbons (Fsp3) is 0.579. The van der Waals surface area contributed by atoms with Crippen molar-refractivity contribution in [2.45, 2.75) is 44.6 Å². The van der Waals surface area contributed by atoms with Crippen LogP contribution >= 0.6 is 0 Å². The summed E-state index contributed by atoms with van der Waals surface area (Å²) in [4.78, 5) is 27.6. The second-order valence-corrected chi connectivity index (χ2v) is 8.34. The molecule has 4 bridgehead atoms. The zero-order valence-corrected chi connectivity index (χ0v) is 13.9. The third-order valence-electron chi connectivity index (χ3n) is 6.66. The summed E-state index contributed by atoms with van der Waals surface area (Å²) in [6.07, 6.45) is 7.24. The molecular formula is C19H20N2O4. The van der Waals surface area contributed by atoms with Crippen molar-refractivity contribution in [3.05, 3.63) is 39.9 Å². The molecule has 6 nitrogen and oxygen atoms in total. The molecule has 1 heterocycles. The van der Waals surface area contributed by atoms with Crippen LogP contribution in [0.15, 0.2) is 29.3 Å². The van der Waals surface area contributed by atoms with Crippen LogP contribution in [0.2, 0.25) is 0 Å². The topological polar surface area (TPSA) is 81.8 Å². The fourth-order valence-corrected chi connectivity index (χ4v) is 6.11. The maximum absolute atomic E-state index is 12.6. The predicted octanol–water partition coefficient (Wildman–Crippen LogP) is 3.48. The summed E-state index contributed by atoms with van der Waals surface area (Å²) in [7, 11) is 0. The summed E-state index contributed by atoms with van der Waals surface area (Å²) in [6, 6.07) is 5.65. The Morgan fingerprint density at radius 2 is 1.60 bits per heavy atom. The van der Waals surface area contributed by atoms with Gasteiger partial charge in [-0.25, -0.2) is 9.79 Å². The molecule has 0 amide bonds. The van der Waals surface area contributed by atoms with Crippen LogP contribution in [0.25, 0.3) is 0 Å². The van der Waals surface area contributed by atoms with Crippen LogP contribution in [0.3, 0.4) is 0 Å². The van der Waals surface area contributed by atoms with Crippen molar-refractivity contribution in [1.82, 2.24) is 0 Å². The van der Waals surface area contributed by atoms with Gasteiger partial charge < -0.3 is 4.74 Å². The zero-order chi connectivity index (χ0) is 17.2. The van der Waals surface area contributed by atoms with Gasteiger partial charge in [-0.05, 0) is 68.4 Å². The molecule has 0 spiro atoms. The lowest BCUT2D eigenvalue weighted by Crippen LogP contribution is -2.52. The normalized spacial score (nSPS) is 38.6. The third kappa shape index (κ3) is 2.30. The molecule has 0 unspecified atom stereocenters. The number of rotatable bonds is 3. The number of carbonyl (C=O) groups excluding carboxylic acids is 1. The molecule has 5 aliphatic rings. The van der Waals surface area contributed by atoms with Crippen LogP contribution in [0.4, 0.5) is 5.69 Å². The molecule has 6 heteroatoms. The Kier molecular flexibility index (Phi) is 3.09. The van der Waals surface area contributed by atoms with E-state index in [9.17, 15) is 14.9 Å². The summed E-state index contributed by atoms with van der Waals surface area (Å²) < 4.78 is 5.49. The van der Waals surface area contributed by atoms with Gasteiger partial charge in [0.25, 0.3) is 5.69 Å². The Morgan fingerprint density at radius 3 is 2.12 bits per heavy atom. The Balaban J connectivity index is 1.45. The first-order chi connectivity index (χ1) is 12.0.